The van der Waals surface area contributed by atoms with Crippen molar-refractivity contribution in [1.82, 2.24) is 5.32 Å². The smallest absolute Gasteiger partial charge is 0.308 e. The van der Waals surface area contributed by atoms with Crippen molar-refractivity contribution in [3.63, 3.8) is 0 Å². The Morgan fingerprint density at radius 3 is 2.35 bits per heavy atom. The van der Waals surface area contributed by atoms with Gasteiger partial charge in [0.25, 0.3) is 0 Å². The van der Waals surface area contributed by atoms with Crippen molar-refractivity contribution in [1.29, 1.82) is 0 Å². The number of hydrogen-bond donors (Lipinski definition) is 1. The van der Waals surface area contributed by atoms with Crippen molar-refractivity contribution in [3.05, 3.63) is 30.1 Å². The molecule has 1 atom stereocenters. The summed E-state index contributed by atoms with van der Waals surface area (Å²) in [5.74, 6) is -0.322. The van der Waals surface area contributed by atoms with Gasteiger partial charge in [-0.15, -0.1) is 11.8 Å². The molecular weight excluding hydrogens is 254 g/mol. The van der Waals surface area contributed by atoms with Gasteiger partial charge in [0.1, 0.15) is 5.82 Å². The summed E-state index contributed by atoms with van der Waals surface area (Å²) in [6.07, 6.45) is -4.18. The highest BCUT2D eigenvalue weighted by Crippen LogP contribution is 2.23. The van der Waals surface area contributed by atoms with Gasteiger partial charge in [0.2, 0.25) is 0 Å². The zero-order chi connectivity index (χ0) is 12.9. The second-order valence-corrected chi connectivity index (χ2v) is 5.14. The van der Waals surface area contributed by atoms with E-state index in [1.165, 1.54) is 23.9 Å². The van der Waals surface area contributed by atoms with E-state index >= 15 is 0 Å². The van der Waals surface area contributed by atoms with Gasteiger partial charge in [-0.25, -0.2) is 4.39 Å². The second kappa shape index (κ2) is 6.26. The molecule has 1 N–H and O–H groups in total. The third-order valence-corrected chi connectivity index (χ3v) is 3.02. The maximum absolute atomic E-state index is 12.6. The van der Waals surface area contributed by atoms with E-state index in [2.05, 4.69) is 5.32 Å². The topological polar surface area (TPSA) is 12.0 Å². The Hall–Kier alpha value is -0.750. The summed E-state index contributed by atoms with van der Waals surface area (Å²) in [5.41, 5.74) is 0. The monoisotopic (exact) mass is 267 g/mol. The lowest BCUT2D eigenvalue weighted by molar-refractivity contribution is -0.124. The summed E-state index contributed by atoms with van der Waals surface area (Å²) < 4.78 is 48.2. The van der Waals surface area contributed by atoms with Crippen LogP contribution >= 0.6 is 11.8 Å². The van der Waals surface area contributed by atoms with Crippen LogP contribution < -0.4 is 5.32 Å². The van der Waals surface area contributed by atoms with Crippen LogP contribution in [0.4, 0.5) is 17.6 Å². The molecule has 1 aromatic carbocycles. The van der Waals surface area contributed by atoms with E-state index in [1.807, 2.05) is 6.92 Å². The quantitative estimate of drug-likeness (QED) is 0.647. The molecule has 0 aliphatic carbocycles. The van der Waals surface area contributed by atoms with Crippen molar-refractivity contribution in [2.45, 2.75) is 23.2 Å². The third-order valence-electron chi connectivity index (χ3n) is 1.91. The molecule has 0 aliphatic rings. The first-order chi connectivity index (χ1) is 7.87. The van der Waals surface area contributed by atoms with Crippen molar-refractivity contribution in [2.24, 2.45) is 0 Å². The first-order valence-electron chi connectivity index (χ1n) is 5.06. The molecule has 0 saturated heterocycles. The maximum atomic E-state index is 12.6. The van der Waals surface area contributed by atoms with Gasteiger partial charge in [0, 0.05) is 16.7 Å². The van der Waals surface area contributed by atoms with E-state index in [4.69, 9.17) is 0 Å². The molecule has 6 heteroatoms. The summed E-state index contributed by atoms with van der Waals surface area (Å²) >= 11 is 1.41. The highest BCUT2D eigenvalue weighted by molar-refractivity contribution is 8.00. The number of hydrogen-bond acceptors (Lipinski definition) is 2. The number of benzene rings is 1. The fourth-order valence-electron chi connectivity index (χ4n) is 1.20. The molecule has 1 aromatic rings. The van der Waals surface area contributed by atoms with Crippen molar-refractivity contribution < 1.29 is 17.6 Å². The molecule has 0 fully saturated rings. The molecule has 17 heavy (non-hydrogen) atoms. The van der Waals surface area contributed by atoms with Crippen LogP contribution in [-0.4, -0.2) is 24.5 Å². The Morgan fingerprint density at radius 1 is 1.24 bits per heavy atom. The average molecular weight is 267 g/mol. The highest BCUT2D eigenvalue weighted by Gasteiger charge is 2.26. The molecule has 0 radical (unpaired) electrons. The van der Waals surface area contributed by atoms with Crippen LogP contribution in [0.1, 0.15) is 6.92 Å². The molecule has 0 aromatic heterocycles. The lowest BCUT2D eigenvalue weighted by Gasteiger charge is -2.13. The molecule has 0 saturated carbocycles. The first-order valence-corrected chi connectivity index (χ1v) is 5.94. The Bertz CT molecular complexity index is 336. The van der Waals surface area contributed by atoms with Crippen LogP contribution in [0.5, 0.6) is 0 Å². The molecular formula is C11H13F4NS. The molecule has 1 rings (SSSR count). The van der Waals surface area contributed by atoms with E-state index in [1.54, 1.807) is 12.1 Å². The lowest BCUT2D eigenvalue weighted by atomic mass is 10.3. The highest BCUT2D eigenvalue weighted by atomic mass is 32.2. The molecule has 0 amide bonds. The van der Waals surface area contributed by atoms with Crippen LogP contribution in [0.25, 0.3) is 0 Å². The average Bonchev–Trinajstić information content (AvgIpc) is 2.19. The normalized spacial score (nSPS) is 13.7. The SMILES string of the molecule is CC(CNCC(F)(F)F)Sc1ccc(F)cc1. The van der Waals surface area contributed by atoms with Crippen LogP contribution in [0, 0.1) is 5.82 Å². The molecule has 0 bridgehead atoms. The number of alkyl halides is 3. The summed E-state index contributed by atoms with van der Waals surface area (Å²) in [6, 6.07) is 5.89. The summed E-state index contributed by atoms with van der Waals surface area (Å²) in [5, 5.41) is 2.33. The Morgan fingerprint density at radius 2 is 1.82 bits per heavy atom. The fraction of sp³-hybridized carbons (Fsp3) is 0.455. The van der Waals surface area contributed by atoms with Crippen LogP contribution in [0.2, 0.25) is 0 Å². The molecule has 0 heterocycles. The van der Waals surface area contributed by atoms with Crippen LogP contribution in [0.15, 0.2) is 29.2 Å². The minimum atomic E-state index is -4.18. The first kappa shape index (κ1) is 14.3. The summed E-state index contributed by atoms with van der Waals surface area (Å²) in [6.45, 7) is 1.08. The van der Waals surface area contributed by atoms with Gasteiger partial charge < -0.3 is 5.32 Å². The Labute approximate surface area is 102 Å². The lowest BCUT2D eigenvalue weighted by Crippen LogP contribution is -2.32. The largest absolute Gasteiger partial charge is 0.401 e. The van der Waals surface area contributed by atoms with Crippen molar-refractivity contribution in [3.8, 4) is 0 Å². The van der Waals surface area contributed by atoms with Gasteiger partial charge in [0.05, 0.1) is 6.54 Å². The molecule has 1 unspecified atom stereocenters. The minimum Gasteiger partial charge on any atom is -0.308 e. The number of halogens is 4. The van der Waals surface area contributed by atoms with Gasteiger partial charge in [-0.1, -0.05) is 6.92 Å². The second-order valence-electron chi connectivity index (χ2n) is 3.63. The Kier molecular flexibility index (Phi) is 5.27. The van der Waals surface area contributed by atoms with E-state index in [-0.39, 0.29) is 17.6 Å². The summed E-state index contributed by atoms with van der Waals surface area (Å²) in [7, 11) is 0. The van der Waals surface area contributed by atoms with E-state index in [9.17, 15) is 17.6 Å². The van der Waals surface area contributed by atoms with Gasteiger partial charge in [-0.3, -0.25) is 0 Å². The number of rotatable bonds is 5. The minimum absolute atomic E-state index is 0.0113. The van der Waals surface area contributed by atoms with E-state index in [0.29, 0.717) is 0 Å². The van der Waals surface area contributed by atoms with Gasteiger partial charge in [0.15, 0.2) is 0 Å². The van der Waals surface area contributed by atoms with Crippen LogP contribution in [-0.2, 0) is 0 Å². The van der Waals surface area contributed by atoms with Crippen LogP contribution in [0.3, 0.4) is 0 Å². The summed E-state index contributed by atoms with van der Waals surface area (Å²) in [4.78, 5) is 0.840. The predicted octanol–water partition coefficient (Wildman–Crippen LogP) is 3.46. The standard InChI is InChI=1S/C11H13F4NS/c1-8(6-16-7-11(13,14)15)17-10-4-2-9(12)3-5-10/h2-5,8,16H,6-7H2,1H3. The van der Waals surface area contributed by atoms with Gasteiger partial charge in [-0.2, -0.15) is 13.2 Å². The van der Waals surface area contributed by atoms with Crippen molar-refractivity contribution in [2.75, 3.05) is 13.1 Å². The number of nitrogens with one attached hydrogen (secondary N) is 1. The third kappa shape index (κ3) is 6.53. The predicted molar refractivity (Wildman–Crippen MR) is 60.6 cm³/mol. The fourth-order valence-corrected chi connectivity index (χ4v) is 2.16. The van der Waals surface area contributed by atoms with E-state index < -0.39 is 12.7 Å². The zero-order valence-electron chi connectivity index (χ0n) is 9.22. The maximum Gasteiger partial charge on any atom is 0.401 e. The van der Waals surface area contributed by atoms with E-state index in [0.717, 1.165) is 4.90 Å². The molecule has 0 spiro atoms. The Balaban J connectivity index is 2.30. The van der Waals surface area contributed by atoms with Gasteiger partial charge in [-0.05, 0) is 24.3 Å². The van der Waals surface area contributed by atoms with Gasteiger partial charge >= 0.3 is 6.18 Å². The number of thioether (sulfide) groups is 1. The zero-order valence-corrected chi connectivity index (χ0v) is 10.0. The molecule has 1 nitrogen and oxygen atoms in total. The van der Waals surface area contributed by atoms with Crippen molar-refractivity contribution >= 4 is 11.8 Å². The molecule has 96 valence electrons. The molecule has 0 aliphatic heterocycles.